The van der Waals surface area contributed by atoms with E-state index < -0.39 is 0 Å². The molecule has 0 unspecified atom stereocenters. The second-order valence-electron chi connectivity index (χ2n) is 5.85. The van der Waals surface area contributed by atoms with E-state index in [0.717, 1.165) is 17.5 Å². The highest BCUT2D eigenvalue weighted by molar-refractivity contribution is 5.87. The van der Waals surface area contributed by atoms with Crippen molar-refractivity contribution >= 4 is 10.8 Å². The maximum atomic E-state index is 10.2. The van der Waals surface area contributed by atoms with Gasteiger partial charge in [-0.2, -0.15) is 0 Å². The molecule has 3 rings (SSSR count). The third kappa shape index (κ3) is 2.96. The number of hydrogen-bond acceptors (Lipinski definition) is 2. The highest BCUT2D eigenvalue weighted by Crippen LogP contribution is 2.27. The number of phenolic OH excluding ortho intramolecular Hbond substituents is 1. The van der Waals surface area contributed by atoms with Crippen LogP contribution in [0.2, 0.25) is 0 Å². The maximum absolute atomic E-state index is 10.2. The van der Waals surface area contributed by atoms with Gasteiger partial charge in [0.25, 0.3) is 0 Å². The number of aromatic hydroxyl groups is 1. The lowest BCUT2D eigenvalue weighted by molar-refractivity contribution is 0.439. The van der Waals surface area contributed by atoms with E-state index in [-0.39, 0.29) is 0 Å². The first-order valence-corrected chi connectivity index (χ1v) is 7.77. The van der Waals surface area contributed by atoms with Crippen molar-refractivity contribution in [1.29, 1.82) is 0 Å². The fraction of sp³-hybridized carbons (Fsp3) is 0.444. The van der Waals surface area contributed by atoms with Crippen molar-refractivity contribution in [1.82, 2.24) is 5.32 Å². The molecule has 2 nitrogen and oxygen atoms in total. The Morgan fingerprint density at radius 1 is 0.950 bits per heavy atom. The molecule has 0 saturated heterocycles. The molecule has 2 heteroatoms. The average Bonchev–Trinajstić information content (AvgIpc) is 2.75. The number of fused-ring (bicyclic) bond motifs is 1. The molecule has 106 valence electrons. The predicted octanol–water partition coefficient (Wildman–Crippen LogP) is 4.36. The molecule has 1 aliphatic rings. The zero-order valence-electron chi connectivity index (χ0n) is 11.9. The van der Waals surface area contributed by atoms with E-state index in [1.807, 2.05) is 24.3 Å². The fourth-order valence-corrected chi connectivity index (χ4v) is 3.24. The van der Waals surface area contributed by atoms with Gasteiger partial charge in [0, 0.05) is 18.2 Å². The smallest absolute Gasteiger partial charge is 0.120 e. The van der Waals surface area contributed by atoms with Gasteiger partial charge < -0.3 is 10.4 Å². The maximum Gasteiger partial charge on any atom is 0.120 e. The van der Waals surface area contributed by atoms with Crippen LogP contribution >= 0.6 is 0 Å². The van der Waals surface area contributed by atoms with Crippen molar-refractivity contribution in [2.75, 3.05) is 0 Å². The summed E-state index contributed by atoms with van der Waals surface area (Å²) in [5.74, 6) is 0.407. The summed E-state index contributed by atoms with van der Waals surface area (Å²) < 4.78 is 0. The quantitative estimate of drug-likeness (QED) is 0.812. The topological polar surface area (TPSA) is 32.3 Å². The van der Waals surface area contributed by atoms with E-state index in [1.165, 1.54) is 43.9 Å². The van der Waals surface area contributed by atoms with E-state index in [0.29, 0.717) is 11.8 Å². The van der Waals surface area contributed by atoms with Gasteiger partial charge in [-0.25, -0.2) is 0 Å². The van der Waals surface area contributed by atoms with Gasteiger partial charge in [0.15, 0.2) is 0 Å². The Morgan fingerprint density at radius 2 is 1.70 bits per heavy atom. The molecule has 0 bridgehead atoms. The van der Waals surface area contributed by atoms with E-state index in [9.17, 15) is 5.11 Å². The van der Waals surface area contributed by atoms with E-state index >= 15 is 0 Å². The third-order valence-electron chi connectivity index (χ3n) is 4.44. The van der Waals surface area contributed by atoms with Gasteiger partial charge in [0.2, 0.25) is 0 Å². The number of phenols is 1. The molecule has 2 aromatic rings. The first kappa shape index (κ1) is 13.4. The molecule has 0 atom stereocenters. The van der Waals surface area contributed by atoms with Gasteiger partial charge in [0.1, 0.15) is 5.75 Å². The minimum Gasteiger partial charge on any atom is -0.508 e. The number of benzene rings is 2. The van der Waals surface area contributed by atoms with Crippen LogP contribution in [0.1, 0.15) is 44.1 Å². The summed E-state index contributed by atoms with van der Waals surface area (Å²) in [6.45, 7) is 0.762. The molecule has 2 aromatic carbocycles. The summed E-state index contributed by atoms with van der Waals surface area (Å²) in [7, 11) is 0. The third-order valence-corrected chi connectivity index (χ3v) is 4.44. The molecular formula is C18H23NO. The standard InChI is InChI=1S/C18H23NO/c20-18-12-11-14-7-5-6-10-16(14)17(18)13-19-15-8-3-1-2-4-9-15/h5-7,10-12,15,19-20H,1-4,8-9,13H2. The Kier molecular flexibility index (Phi) is 4.22. The first-order chi connectivity index (χ1) is 9.84. The van der Waals surface area contributed by atoms with Gasteiger partial charge in [0.05, 0.1) is 0 Å². The Labute approximate surface area is 120 Å². The normalized spacial score (nSPS) is 17.2. The Morgan fingerprint density at radius 3 is 2.50 bits per heavy atom. The minimum atomic E-state index is 0.407. The molecule has 0 spiro atoms. The van der Waals surface area contributed by atoms with Crippen LogP contribution in [0.25, 0.3) is 10.8 Å². The molecule has 2 N–H and O–H groups in total. The summed E-state index contributed by atoms with van der Waals surface area (Å²) in [5, 5.41) is 16.2. The van der Waals surface area contributed by atoms with Gasteiger partial charge in [-0.3, -0.25) is 0 Å². The molecule has 0 aliphatic heterocycles. The molecule has 1 fully saturated rings. The van der Waals surface area contributed by atoms with Gasteiger partial charge in [-0.15, -0.1) is 0 Å². The van der Waals surface area contributed by atoms with Crippen LogP contribution in [0, 0.1) is 0 Å². The van der Waals surface area contributed by atoms with Crippen LogP contribution in [-0.4, -0.2) is 11.1 Å². The second kappa shape index (κ2) is 6.27. The Balaban J connectivity index is 1.78. The minimum absolute atomic E-state index is 0.407. The van der Waals surface area contributed by atoms with Crippen molar-refractivity contribution in [3.8, 4) is 5.75 Å². The van der Waals surface area contributed by atoms with Gasteiger partial charge >= 0.3 is 0 Å². The average molecular weight is 269 g/mol. The van der Waals surface area contributed by atoms with Crippen LogP contribution in [-0.2, 0) is 6.54 Å². The van der Waals surface area contributed by atoms with Crippen LogP contribution in [0.3, 0.4) is 0 Å². The predicted molar refractivity (Wildman–Crippen MR) is 83.9 cm³/mol. The first-order valence-electron chi connectivity index (χ1n) is 7.77. The summed E-state index contributed by atoms with van der Waals surface area (Å²) in [6, 6.07) is 12.7. The van der Waals surface area contributed by atoms with Gasteiger partial charge in [-0.05, 0) is 29.7 Å². The molecule has 1 saturated carbocycles. The zero-order chi connectivity index (χ0) is 13.8. The number of rotatable bonds is 3. The SMILES string of the molecule is Oc1ccc2ccccc2c1CNC1CCCCCC1. The number of hydrogen-bond donors (Lipinski definition) is 2. The van der Waals surface area contributed by atoms with E-state index in [2.05, 4.69) is 17.4 Å². The number of nitrogens with one attached hydrogen (secondary N) is 1. The summed E-state index contributed by atoms with van der Waals surface area (Å²) in [6.07, 6.45) is 7.95. The lowest BCUT2D eigenvalue weighted by Crippen LogP contribution is -2.27. The highest BCUT2D eigenvalue weighted by atomic mass is 16.3. The lowest BCUT2D eigenvalue weighted by Gasteiger charge is -2.17. The molecular weight excluding hydrogens is 246 g/mol. The molecule has 20 heavy (non-hydrogen) atoms. The summed E-state index contributed by atoms with van der Waals surface area (Å²) in [5.41, 5.74) is 1.03. The van der Waals surface area contributed by atoms with Crippen molar-refractivity contribution in [3.63, 3.8) is 0 Å². The van der Waals surface area contributed by atoms with E-state index in [1.54, 1.807) is 0 Å². The van der Waals surface area contributed by atoms with E-state index in [4.69, 9.17) is 0 Å². The van der Waals surface area contributed by atoms with Crippen LogP contribution in [0.4, 0.5) is 0 Å². The molecule has 0 radical (unpaired) electrons. The Bertz CT molecular complexity index is 571. The molecule has 0 aromatic heterocycles. The van der Waals surface area contributed by atoms with Crippen molar-refractivity contribution < 1.29 is 5.11 Å². The van der Waals surface area contributed by atoms with Gasteiger partial charge in [-0.1, -0.05) is 56.0 Å². The van der Waals surface area contributed by atoms with Crippen LogP contribution in [0.15, 0.2) is 36.4 Å². The molecule has 0 amide bonds. The van der Waals surface area contributed by atoms with Crippen LogP contribution < -0.4 is 5.32 Å². The second-order valence-corrected chi connectivity index (χ2v) is 5.85. The van der Waals surface area contributed by atoms with Crippen molar-refractivity contribution in [2.45, 2.75) is 51.1 Å². The highest BCUT2D eigenvalue weighted by Gasteiger charge is 2.13. The van der Waals surface area contributed by atoms with Crippen LogP contribution in [0.5, 0.6) is 5.75 Å². The largest absolute Gasteiger partial charge is 0.508 e. The lowest BCUT2D eigenvalue weighted by atomic mass is 10.0. The summed E-state index contributed by atoms with van der Waals surface area (Å²) in [4.78, 5) is 0. The molecule has 0 heterocycles. The van der Waals surface area contributed by atoms with Crippen molar-refractivity contribution in [2.24, 2.45) is 0 Å². The Hall–Kier alpha value is -1.54. The fourth-order valence-electron chi connectivity index (χ4n) is 3.24. The monoisotopic (exact) mass is 269 g/mol. The summed E-state index contributed by atoms with van der Waals surface area (Å²) >= 11 is 0. The van der Waals surface area contributed by atoms with Crippen molar-refractivity contribution in [3.05, 3.63) is 42.0 Å². The zero-order valence-corrected chi connectivity index (χ0v) is 11.9. The molecule has 1 aliphatic carbocycles.